The summed E-state index contributed by atoms with van der Waals surface area (Å²) in [4.78, 5) is 7.95. The van der Waals surface area contributed by atoms with E-state index in [2.05, 4.69) is 71.1 Å². The molecule has 0 saturated carbocycles. The van der Waals surface area contributed by atoms with E-state index in [1.54, 1.807) is 11.3 Å². The number of H-pyrrole nitrogens is 1. The largest absolute Gasteiger partial charge is 0.358 e. The molecule has 25 heavy (non-hydrogen) atoms. The highest BCUT2D eigenvalue weighted by molar-refractivity contribution is 7.12. The number of hydrogen-bond acceptors (Lipinski definition) is 3. The lowest BCUT2D eigenvalue weighted by molar-refractivity contribution is 0.671. The number of thiazole rings is 1. The van der Waals surface area contributed by atoms with Crippen molar-refractivity contribution in [3.05, 3.63) is 70.1 Å². The van der Waals surface area contributed by atoms with Gasteiger partial charge < -0.3 is 10.3 Å². The van der Waals surface area contributed by atoms with Gasteiger partial charge in [0.05, 0.1) is 5.52 Å². The third-order valence-electron chi connectivity index (χ3n) is 4.72. The van der Waals surface area contributed by atoms with Crippen molar-refractivity contribution in [2.75, 3.05) is 0 Å². The summed E-state index contributed by atoms with van der Waals surface area (Å²) < 4.78 is 2.15. The van der Waals surface area contributed by atoms with Crippen LogP contribution in [0.4, 0.5) is 0 Å². The van der Waals surface area contributed by atoms with E-state index in [1.165, 1.54) is 39.0 Å². The fourth-order valence-corrected chi connectivity index (χ4v) is 3.99. The van der Waals surface area contributed by atoms with Crippen LogP contribution in [0, 0.1) is 20.8 Å². The van der Waals surface area contributed by atoms with Gasteiger partial charge in [-0.2, -0.15) is 0 Å². The Morgan fingerprint density at radius 3 is 2.88 bits per heavy atom. The van der Waals surface area contributed by atoms with E-state index in [-0.39, 0.29) is 0 Å². The number of nitrogens with one attached hydrogen (secondary N) is 2. The van der Waals surface area contributed by atoms with Gasteiger partial charge >= 0.3 is 0 Å². The minimum atomic E-state index is 0.806. The summed E-state index contributed by atoms with van der Waals surface area (Å²) in [7, 11) is 0. The van der Waals surface area contributed by atoms with E-state index in [4.69, 9.17) is 0 Å². The van der Waals surface area contributed by atoms with Crippen molar-refractivity contribution < 1.29 is 0 Å². The standard InChI is InChI=1S/C20H22N4S/c1-13-9-16(19-18(10-13)14(2)15(3)23-19)11-21-12-17-5-4-7-24(17)20-22-6-8-25-20/h4-10,21,23H,11-12H2,1-3H3. The van der Waals surface area contributed by atoms with E-state index in [0.29, 0.717) is 0 Å². The Labute approximate surface area is 151 Å². The molecule has 3 heterocycles. The molecule has 0 unspecified atom stereocenters. The molecule has 5 heteroatoms. The Bertz CT molecular complexity index is 1010. The smallest absolute Gasteiger partial charge is 0.193 e. The minimum absolute atomic E-state index is 0.806. The lowest BCUT2D eigenvalue weighted by atomic mass is 10.0. The SMILES string of the molecule is Cc1cc(CNCc2cccn2-c2nccs2)c2[nH]c(C)c(C)c2c1. The number of hydrogen-bond donors (Lipinski definition) is 2. The first-order valence-electron chi connectivity index (χ1n) is 8.48. The van der Waals surface area contributed by atoms with E-state index in [1.807, 2.05) is 11.6 Å². The molecule has 0 atom stereocenters. The average molecular weight is 350 g/mol. The fourth-order valence-electron chi connectivity index (χ4n) is 3.33. The maximum absolute atomic E-state index is 4.40. The van der Waals surface area contributed by atoms with Gasteiger partial charge in [0.2, 0.25) is 0 Å². The van der Waals surface area contributed by atoms with Gasteiger partial charge in [0.15, 0.2) is 5.13 Å². The molecule has 2 N–H and O–H groups in total. The highest BCUT2D eigenvalue weighted by Crippen LogP contribution is 2.26. The van der Waals surface area contributed by atoms with E-state index in [0.717, 1.165) is 18.2 Å². The number of aryl methyl sites for hydroxylation is 3. The average Bonchev–Trinajstić information content (AvgIpc) is 3.30. The van der Waals surface area contributed by atoms with Crippen LogP contribution in [0.15, 0.2) is 42.0 Å². The summed E-state index contributed by atoms with van der Waals surface area (Å²) in [6.45, 7) is 8.13. The quantitative estimate of drug-likeness (QED) is 0.551. The molecule has 0 aliphatic rings. The van der Waals surface area contributed by atoms with E-state index < -0.39 is 0 Å². The van der Waals surface area contributed by atoms with Crippen molar-refractivity contribution in [3.63, 3.8) is 0 Å². The molecule has 4 nitrogen and oxygen atoms in total. The molecule has 0 aliphatic carbocycles. The van der Waals surface area contributed by atoms with Crippen LogP contribution in [0.25, 0.3) is 16.0 Å². The molecular formula is C20H22N4S. The van der Waals surface area contributed by atoms with Gasteiger partial charge in [0.1, 0.15) is 0 Å². The van der Waals surface area contributed by atoms with Gasteiger partial charge in [-0.15, -0.1) is 11.3 Å². The first-order valence-corrected chi connectivity index (χ1v) is 9.36. The second-order valence-corrected chi connectivity index (χ2v) is 7.38. The Morgan fingerprint density at radius 1 is 1.20 bits per heavy atom. The number of fused-ring (bicyclic) bond motifs is 1. The van der Waals surface area contributed by atoms with Gasteiger partial charge in [-0.05, 0) is 50.1 Å². The van der Waals surface area contributed by atoms with Crippen LogP contribution in [-0.2, 0) is 13.1 Å². The number of nitrogens with zero attached hydrogens (tertiary/aromatic N) is 2. The van der Waals surface area contributed by atoms with E-state index >= 15 is 0 Å². The van der Waals surface area contributed by atoms with Crippen molar-refractivity contribution in [1.82, 2.24) is 19.9 Å². The van der Waals surface area contributed by atoms with Crippen molar-refractivity contribution in [2.45, 2.75) is 33.9 Å². The third-order valence-corrected chi connectivity index (χ3v) is 5.49. The maximum atomic E-state index is 4.40. The van der Waals surface area contributed by atoms with Crippen LogP contribution in [0.3, 0.4) is 0 Å². The topological polar surface area (TPSA) is 45.6 Å². The van der Waals surface area contributed by atoms with Crippen molar-refractivity contribution in [1.29, 1.82) is 0 Å². The second-order valence-electron chi connectivity index (χ2n) is 6.51. The Balaban J connectivity index is 1.54. The maximum Gasteiger partial charge on any atom is 0.193 e. The van der Waals surface area contributed by atoms with E-state index in [9.17, 15) is 0 Å². The highest BCUT2D eigenvalue weighted by Gasteiger charge is 2.10. The summed E-state index contributed by atoms with van der Waals surface area (Å²) in [6, 6.07) is 8.75. The molecule has 4 aromatic rings. The Hall–Kier alpha value is -2.37. The summed E-state index contributed by atoms with van der Waals surface area (Å²) >= 11 is 1.65. The van der Waals surface area contributed by atoms with Crippen molar-refractivity contribution in [2.24, 2.45) is 0 Å². The van der Waals surface area contributed by atoms with Crippen molar-refractivity contribution in [3.8, 4) is 5.13 Å². The predicted molar refractivity (Wildman–Crippen MR) is 104 cm³/mol. The lowest BCUT2D eigenvalue weighted by Crippen LogP contribution is -2.15. The van der Waals surface area contributed by atoms with Crippen LogP contribution in [0.5, 0.6) is 0 Å². The molecule has 0 amide bonds. The van der Waals surface area contributed by atoms with Crippen molar-refractivity contribution >= 4 is 22.2 Å². The second kappa shape index (κ2) is 6.50. The molecule has 0 bridgehead atoms. The molecule has 0 fully saturated rings. The van der Waals surface area contributed by atoms with Crippen LogP contribution < -0.4 is 5.32 Å². The first kappa shape index (κ1) is 16.1. The molecule has 0 spiro atoms. The number of aromatic amines is 1. The summed E-state index contributed by atoms with van der Waals surface area (Å²) in [6.07, 6.45) is 3.91. The number of benzene rings is 1. The first-order chi connectivity index (χ1) is 12.1. The summed E-state index contributed by atoms with van der Waals surface area (Å²) in [5.41, 5.74) is 7.69. The number of aromatic nitrogens is 3. The zero-order valence-corrected chi connectivity index (χ0v) is 15.6. The normalized spacial score (nSPS) is 11.5. The summed E-state index contributed by atoms with van der Waals surface area (Å²) in [5.74, 6) is 0. The fraction of sp³-hybridized carbons (Fsp3) is 0.250. The molecule has 3 aromatic heterocycles. The van der Waals surface area contributed by atoms with Crippen LogP contribution >= 0.6 is 11.3 Å². The summed E-state index contributed by atoms with van der Waals surface area (Å²) in [5, 5.41) is 7.94. The molecular weight excluding hydrogens is 328 g/mol. The molecule has 4 rings (SSSR count). The zero-order chi connectivity index (χ0) is 17.4. The predicted octanol–water partition coefficient (Wildman–Crippen LogP) is 4.63. The number of rotatable bonds is 5. The lowest BCUT2D eigenvalue weighted by Gasteiger charge is -2.10. The Kier molecular flexibility index (Phi) is 4.19. The van der Waals surface area contributed by atoms with Crippen LogP contribution in [0.2, 0.25) is 0 Å². The van der Waals surface area contributed by atoms with Gasteiger partial charge in [-0.1, -0.05) is 11.6 Å². The van der Waals surface area contributed by atoms with Gasteiger partial charge in [-0.3, -0.25) is 4.57 Å². The molecule has 0 aliphatic heterocycles. The highest BCUT2D eigenvalue weighted by atomic mass is 32.1. The van der Waals surface area contributed by atoms with Gasteiger partial charge in [0, 0.05) is 47.6 Å². The third kappa shape index (κ3) is 3.01. The van der Waals surface area contributed by atoms with Gasteiger partial charge in [-0.25, -0.2) is 4.98 Å². The Morgan fingerprint density at radius 2 is 2.08 bits per heavy atom. The molecule has 1 aromatic carbocycles. The monoisotopic (exact) mass is 350 g/mol. The zero-order valence-electron chi connectivity index (χ0n) is 14.8. The van der Waals surface area contributed by atoms with Gasteiger partial charge in [0.25, 0.3) is 0 Å². The molecule has 0 radical (unpaired) electrons. The minimum Gasteiger partial charge on any atom is -0.358 e. The molecule has 0 saturated heterocycles. The molecule has 128 valence electrons. The van der Waals surface area contributed by atoms with Crippen LogP contribution in [-0.4, -0.2) is 14.5 Å². The van der Waals surface area contributed by atoms with Crippen LogP contribution in [0.1, 0.15) is 28.1 Å².